The lowest BCUT2D eigenvalue weighted by Crippen LogP contribution is -2.41. The fourth-order valence-electron chi connectivity index (χ4n) is 3.08. The van der Waals surface area contributed by atoms with Gasteiger partial charge in [0.05, 0.1) is 25.7 Å². The summed E-state index contributed by atoms with van der Waals surface area (Å²) < 4.78 is 18.0. The summed E-state index contributed by atoms with van der Waals surface area (Å²) in [6.07, 6.45) is 2.84. The Balaban J connectivity index is 1.70. The number of aliphatic hydroxyl groups excluding tert-OH is 1. The van der Waals surface area contributed by atoms with E-state index in [4.69, 9.17) is 4.74 Å². The molecule has 1 saturated carbocycles. The van der Waals surface area contributed by atoms with E-state index in [-0.39, 0.29) is 36.2 Å². The zero-order valence-electron chi connectivity index (χ0n) is 14.0. The largest absolute Gasteiger partial charge is 0.481 e. The number of hydrogen-bond acceptors (Lipinski definition) is 4. The van der Waals surface area contributed by atoms with Crippen molar-refractivity contribution in [2.75, 3.05) is 7.11 Å². The molecule has 2 aromatic rings. The average Bonchev–Trinajstić information content (AvgIpc) is 2.59. The second-order valence-corrected chi connectivity index (χ2v) is 6.37. The Morgan fingerprint density at radius 2 is 2.04 bits per heavy atom. The number of nitrogens with zero attached hydrogens (tertiary/aromatic N) is 1. The van der Waals surface area contributed by atoms with Crippen molar-refractivity contribution in [1.82, 2.24) is 10.3 Å². The second-order valence-electron chi connectivity index (χ2n) is 6.37. The lowest BCUT2D eigenvalue weighted by Gasteiger charge is -2.38. The van der Waals surface area contributed by atoms with E-state index in [1.807, 2.05) is 6.07 Å². The molecule has 25 heavy (non-hydrogen) atoms. The number of pyridine rings is 1. The number of nitrogens with one attached hydrogen (secondary N) is 1. The molecule has 0 aliphatic heterocycles. The molecule has 5 nitrogen and oxygen atoms in total. The third kappa shape index (κ3) is 4.33. The molecule has 2 N–H and O–H groups in total. The maximum absolute atomic E-state index is 13.0. The van der Waals surface area contributed by atoms with Gasteiger partial charge in [0.25, 0.3) is 0 Å². The summed E-state index contributed by atoms with van der Waals surface area (Å²) in [5.74, 6) is 0.208. The van der Waals surface area contributed by atoms with E-state index in [0.29, 0.717) is 18.7 Å². The summed E-state index contributed by atoms with van der Waals surface area (Å²) in [5, 5.41) is 12.6. The maximum atomic E-state index is 13.0. The van der Waals surface area contributed by atoms with Gasteiger partial charge in [-0.1, -0.05) is 18.2 Å². The normalized spacial score (nSPS) is 20.4. The van der Waals surface area contributed by atoms with Gasteiger partial charge in [-0.05, 0) is 42.0 Å². The van der Waals surface area contributed by atoms with E-state index in [0.717, 1.165) is 11.1 Å². The average molecular weight is 344 g/mol. The third-order valence-corrected chi connectivity index (χ3v) is 4.54. The minimum atomic E-state index is -0.324. The smallest absolute Gasteiger partial charge is 0.224 e. The number of hydrogen-bond donors (Lipinski definition) is 2. The van der Waals surface area contributed by atoms with Gasteiger partial charge in [0.1, 0.15) is 5.82 Å². The van der Waals surface area contributed by atoms with Crippen molar-refractivity contribution in [2.45, 2.75) is 31.4 Å². The molecule has 1 fully saturated rings. The van der Waals surface area contributed by atoms with Gasteiger partial charge in [-0.3, -0.25) is 4.79 Å². The first-order valence-electron chi connectivity index (χ1n) is 8.27. The summed E-state index contributed by atoms with van der Waals surface area (Å²) in [7, 11) is 1.55. The molecular formula is C19H21FN2O3. The van der Waals surface area contributed by atoms with E-state index < -0.39 is 0 Å². The molecule has 1 aromatic carbocycles. The minimum Gasteiger partial charge on any atom is -0.481 e. The standard InChI is InChI=1S/C19H21FN2O3/c1-25-18-7-4-13(11-21-18)19(14-9-16(23)10-14)22-17(24)8-12-2-5-15(20)6-3-12/h2-7,11,14,16,19,23H,8-10H2,1H3,(H,22,24)/t14?,16?,19-/m0/s1. The number of halogens is 1. The summed E-state index contributed by atoms with van der Waals surface area (Å²) in [5.41, 5.74) is 1.63. The molecule has 0 spiro atoms. The van der Waals surface area contributed by atoms with Gasteiger partial charge in [-0.25, -0.2) is 9.37 Å². The van der Waals surface area contributed by atoms with Gasteiger partial charge in [-0.15, -0.1) is 0 Å². The lowest BCUT2D eigenvalue weighted by atomic mass is 9.75. The van der Waals surface area contributed by atoms with Crippen LogP contribution in [0.15, 0.2) is 42.6 Å². The Hall–Kier alpha value is -2.47. The Labute approximate surface area is 145 Å². The first kappa shape index (κ1) is 17.4. The van der Waals surface area contributed by atoms with E-state index in [1.165, 1.54) is 12.1 Å². The fourth-order valence-corrected chi connectivity index (χ4v) is 3.08. The van der Waals surface area contributed by atoms with Gasteiger partial charge in [0, 0.05) is 12.3 Å². The number of rotatable bonds is 6. The molecule has 0 bridgehead atoms. The van der Waals surface area contributed by atoms with Crippen LogP contribution in [0.4, 0.5) is 4.39 Å². The molecule has 0 saturated heterocycles. The first-order chi connectivity index (χ1) is 12.0. The van der Waals surface area contributed by atoms with Crippen LogP contribution in [0.5, 0.6) is 5.88 Å². The quantitative estimate of drug-likeness (QED) is 0.844. The van der Waals surface area contributed by atoms with Crippen LogP contribution in [0, 0.1) is 11.7 Å². The highest BCUT2D eigenvalue weighted by Crippen LogP contribution is 2.38. The predicted molar refractivity (Wildman–Crippen MR) is 90.5 cm³/mol. The summed E-state index contributed by atoms with van der Waals surface area (Å²) in [4.78, 5) is 16.6. The number of methoxy groups -OCH3 is 1. The number of amides is 1. The molecule has 1 aliphatic rings. The van der Waals surface area contributed by atoms with Crippen LogP contribution >= 0.6 is 0 Å². The number of aromatic nitrogens is 1. The summed E-state index contributed by atoms with van der Waals surface area (Å²) >= 11 is 0. The third-order valence-electron chi connectivity index (χ3n) is 4.54. The molecule has 1 aliphatic carbocycles. The van der Waals surface area contributed by atoms with Crippen LogP contribution in [0.1, 0.15) is 30.0 Å². The molecule has 0 unspecified atom stereocenters. The van der Waals surface area contributed by atoms with Crippen LogP contribution in [-0.4, -0.2) is 29.2 Å². The van der Waals surface area contributed by atoms with Crippen LogP contribution in [0.3, 0.4) is 0 Å². The molecule has 1 amide bonds. The number of ether oxygens (including phenoxy) is 1. The highest BCUT2D eigenvalue weighted by molar-refractivity contribution is 5.79. The van der Waals surface area contributed by atoms with Gasteiger partial charge in [0.2, 0.25) is 11.8 Å². The highest BCUT2D eigenvalue weighted by Gasteiger charge is 2.35. The van der Waals surface area contributed by atoms with Crippen molar-refractivity contribution in [2.24, 2.45) is 5.92 Å². The van der Waals surface area contributed by atoms with Gasteiger partial charge in [0.15, 0.2) is 0 Å². The monoisotopic (exact) mass is 344 g/mol. The topological polar surface area (TPSA) is 71.5 Å². The van der Waals surface area contributed by atoms with E-state index in [1.54, 1.807) is 31.5 Å². The molecule has 132 valence electrons. The minimum absolute atomic E-state index is 0.145. The number of carbonyl (C=O) groups excluding carboxylic acids is 1. The Kier molecular flexibility index (Phi) is 5.28. The molecular weight excluding hydrogens is 323 g/mol. The molecule has 0 radical (unpaired) electrons. The van der Waals surface area contributed by atoms with E-state index in [2.05, 4.69) is 10.3 Å². The van der Waals surface area contributed by atoms with Crippen molar-refractivity contribution in [3.63, 3.8) is 0 Å². The second kappa shape index (κ2) is 7.61. The van der Waals surface area contributed by atoms with E-state index >= 15 is 0 Å². The fraction of sp³-hybridized carbons (Fsp3) is 0.368. The summed E-state index contributed by atoms with van der Waals surface area (Å²) in [6.45, 7) is 0. The van der Waals surface area contributed by atoms with Crippen LogP contribution in [0.2, 0.25) is 0 Å². The Bertz CT molecular complexity index is 712. The SMILES string of the molecule is COc1ccc([C@H](NC(=O)Cc2ccc(F)cc2)C2CC(O)C2)cn1. The van der Waals surface area contributed by atoms with Gasteiger partial charge < -0.3 is 15.2 Å². The first-order valence-corrected chi connectivity index (χ1v) is 8.27. The van der Waals surface area contributed by atoms with Crippen molar-refractivity contribution >= 4 is 5.91 Å². The molecule has 6 heteroatoms. The predicted octanol–water partition coefficient (Wildman–Crippen LogP) is 2.40. The lowest BCUT2D eigenvalue weighted by molar-refractivity contribution is -0.122. The summed E-state index contributed by atoms with van der Waals surface area (Å²) in [6, 6.07) is 9.31. The van der Waals surface area contributed by atoms with Crippen molar-refractivity contribution in [3.8, 4) is 5.88 Å². The number of carbonyl (C=O) groups is 1. The highest BCUT2D eigenvalue weighted by atomic mass is 19.1. The molecule has 1 aromatic heterocycles. The maximum Gasteiger partial charge on any atom is 0.224 e. The number of benzene rings is 1. The zero-order valence-corrected chi connectivity index (χ0v) is 14.0. The van der Waals surface area contributed by atoms with Crippen LogP contribution < -0.4 is 10.1 Å². The Morgan fingerprint density at radius 3 is 2.60 bits per heavy atom. The zero-order chi connectivity index (χ0) is 17.8. The van der Waals surface area contributed by atoms with Crippen LogP contribution in [-0.2, 0) is 11.2 Å². The van der Waals surface area contributed by atoms with Crippen LogP contribution in [0.25, 0.3) is 0 Å². The molecule has 1 heterocycles. The van der Waals surface area contributed by atoms with Crippen molar-refractivity contribution in [1.29, 1.82) is 0 Å². The van der Waals surface area contributed by atoms with E-state index in [9.17, 15) is 14.3 Å². The molecule has 3 rings (SSSR count). The molecule has 1 atom stereocenters. The Morgan fingerprint density at radius 1 is 1.32 bits per heavy atom. The van der Waals surface area contributed by atoms with Crippen molar-refractivity contribution in [3.05, 3.63) is 59.5 Å². The number of aliphatic hydroxyl groups is 1. The van der Waals surface area contributed by atoms with Gasteiger partial charge >= 0.3 is 0 Å². The van der Waals surface area contributed by atoms with Gasteiger partial charge in [-0.2, -0.15) is 0 Å². The van der Waals surface area contributed by atoms with Crippen molar-refractivity contribution < 1.29 is 19.0 Å².